The average Bonchev–Trinajstić information content (AvgIpc) is 2.27. The SMILES string of the molecule is CC1(C)C=Cc2ccc(Br)c3cccc1c23. The van der Waals surface area contributed by atoms with Gasteiger partial charge in [0.1, 0.15) is 0 Å². The molecule has 0 spiro atoms. The van der Waals surface area contributed by atoms with Crippen LogP contribution in [0.25, 0.3) is 16.8 Å². The lowest BCUT2D eigenvalue weighted by atomic mass is 9.77. The maximum atomic E-state index is 3.63. The fourth-order valence-electron chi connectivity index (χ4n) is 2.46. The monoisotopic (exact) mass is 272 g/mol. The molecule has 0 atom stereocenters. The third-order valence-corrected chi connectivity index (χ3v) is 4.08. The molecule has 3 rings (SSSR count). The Labute approximate surface area is 104 Å². The first-order valence-electron chi connectivity index (χ1n) is 5.50. The van der Waals surface area contributed by atoms with Gasteiger partial charge in [-0.25, -0.2) is 0 Å². The van der Waals surface area contributed by atoms with Crippen molar-refractivity contribution in [3.8, 4) is 0 Å². The van der Waals surface area contributed by atoms with Gasteiger partial charge < -0.3 is 0 Å². The summed E-state index contributed by atoms with van der Waals surface area (Å²) in [5, 5.41) is 2.71. The van der Waals surface area contributed by atoms with Crippen LogP contribution >= 0.6 is 15.9 Å². The third kappa shape index (κ3) is 1.28. The van der Waals surface area contributed by atoms with E-state index in [4.69, 9.17) is 0 Å². The van der Waals surface area contributed by atoms with Crippen molar-refractivity contribution in [1.82, 2.24) is 0 Å². The summed E-state index contributed by atoms with van der Waals surface area (Å²) in [7, 11) is 0. The Hall–Kier alpha value is -1.08. The Morgan fingerprint density at radius 3 is 2.69 bits per heavy atom. The number of rotatable bonds is 0. The minimum absolute atomic E-state index is 0.132. The van der Waals surface area contributed by atoms with Crippen LogP contribution in [0.1, 0.15) is 25.0 Å². The van der Waals surface area contributed by atoms with Crippen LogP contribution in [-0.2, 0) is 5.41 Å². The number of benzene rings is 2. The zero-order chi connectivity index (χ0) is 11.3. The number of hydrogen-bond donors (Lipinski definition) is 0. The van der Waals surface area contributed by atoms with Crippen LogP contribution < -0.4 is 0 Å². The van der Waals surface area contributed by atoms with Crippen LogP contribution in [0.2, 0.25) is 0 Å². The minimum atomic E-state index is 0.132. The molecule has 0 aliphatic heterocycles. The Kier molecular flexibility index (Phi) is 2.02. The van der Waals surface area contributed by atoms with Crippen molar-refractivity contribution in [2.24, 2.45) is 0 Å². The molecule has 0 saturated heterocycles. The largest absolute Gasteiger partial charge is 0.0738 e. The van der Waals surface area contributed by atoms with Gasteiger partial charge in [0.25, 0.3) is 0 Å². The van der Waals surface area contributed by atoms with Crippen LogP contribution in [0.15, 0.2) is 40.9 Å². The van der Waals surface area contributed by atoms with Gasteiger partial charge in [0.05, 0.1) is 0 Å². The first kappa shape index (κ1) is 10.1. The topological polar surface area (TPSA) is 0 Å². The molecule has 16 heavy (non-hydrogen) atoms. The zero-order valence-corrected chi connectivity index (χ0v) is 11.0. The molecule has 1 aliphatic carbocycles. The van der Waals surface area contributed by atoms with E-state index < -0.39 is 0 Å². The fraction of sp³-hybridized carbons (Fsp3) is 0.200. The Morgan fingerprint density at radius 1 is 1.06 bits per heavy atom. The number of halogens is 1. The van der Waals surface area contributed by atoms with E-state index >= 15 is 0 Å². The lowest BCUT2D eigenvalue weighted by Crippen LogP contribution is -2.16. The normalized spacial score (nSPS) is 16.7. The van der Waals surface area contributed by atoms with Crippen LogP contribution in [0.5, 0.6) is 0 Å². The Morgan fingerprint density at radius 2 is 1.88 bits per heavy atom. The van der Waals surface area contributed by atoms with E-state index in [9.17, 15) is 0 Å². The number of hydrogen-bond acceptors (Lipinski definition) is 0. The summed E-state index contributed by atoms with van der Waals surface area (Å²) in [6.45, 7) is 4.53. The summed E-state index contributed by atoms with van der Waals surface area (Å²) in [6, 6.07) is 10.9. The summed E-state index contributed by atoms with van der Waals surface area (Å²) in [6.07, 6.45) is 4.53. The number of allylic oxidation sites excluding steroid dienone is 1. The fourth-order valence-corrected chi connectivity index (χ4v) is 2.92. The Balaban J connectivity index is 2.54. The predicted octanol–water partition coefficient (Wildman–Crippen LogP) is 4.91. The highest BCUT2D eigenvalue weighted by Gasteiger charge is 2.24. The molecule has 0 bridgehead atoms. The first-order chi connectivity index (χ1) is 7.59. The standard InChI is InChI=1S/C15H13Br/c1-15(2)9-8-10-6-7-13(16)11-4-3-5-12(15)14(10)11/h3-9H,1-2H3. The van der Waals surface area contributed by atoms with Gasteiger partial charge in [-0.15, -0.1) is 0 Å². The molecule has 1 heteroatoms. The lowest BCUT2D eigenvalue weighted by molar-refractivity contribution is 0.677. The molecule has 80 valence electrons. The van der Waals surface area contributed by atoms with Crippen molar-refractivity contribution in [2.75, 3.05) is 0 Å². The van der Waals surface area contributed by atoms with Gasteiger partial charge >= 0.3 is 0 Å². The van der Waals surface area contributed by atoms with E-state index in [1.807, 2.05) is 0 Å². The molecule has 0 saturated carbocycles. The first-order valence-corrected chi connectivity index (χ1v) is 6.30. The zero-order valence-electron chi connectivity index (χ0n) is 9.42. The molecule has 0 heterocycles. The second kappa shape index (κ2) is 3.21. The summed E-state index contributed by atoms with van der Waals surface area (Å²) in [5.74, 6) is 0. The maximum Gasteiger partial charge on any atom is 0.0254 e. The molecule has 2 aromatic rings. The second-order valence-electron chi connectivity index (χ2n) is 4.92. The molecule has 0 unspecified atom stereocenters. The van der Waals surface area contributed by atoms with Crippen LogP contribution in [-0.4, -0.2) is 0 Å². The van der Waals surface area contributed by atoms with Gasteiger partial charge in [-0.05, 0) is 28.0 Å². The second-order valence-corrected chi connectivity index (χ2v) is 5.77. The van der Waals surface area contributed by atoms with Gasteiger partial charge in [0.2, 0.25) is 0 Å². The van der Waals surface area contributed by atoms with E-state index in [2.05, 4.69) is 72.3 Å². The molecule has 0 aromatic heterocycles. The Bertz CT molecular complexity index is 606. The third-order valence-electron chi connectivity index (χ3n) is 3.39. The molecule has 1 aliphatic rings. The minimum Gasteiger partial charge on any atom is -0.0738 e. The highest BCUT2D eigenvalue weighted by atomic mass is 79.9. The van der Waals surface area contributed by atoms with Gasteiger partial charge in [-0.2, -0.15) is 0 Å². The maximum absolute atomic E-state index is 3.63. The highest BCUT2D eigenvalue weighted by molar-refractivity contribution is 9.10. The van der Waals surface area contributed by atoms with Crippen LogP contribution in [0.4, 0.5) is 0 Å². The molecule has 0 fully saturated rings. The van der Waals surface area contributed by atoms with E-state index in [1.54, 1.807) is 0 Å². The molecular weight excluding hydrogens is 260 g/mol. The van der Waals surface area contributed by atoms with Gasteiger partial charge in [-0.1, -0.05) is 66.2 Å². The summed E-state index contributed by atoms with van der Waals surface area (Å²) >= 11 is 3.63. The van der Waals surface area contributed by atoms with Crippen molar-refractivity contribution in [1.29, 1.82) is 0 Å². The average molecular weight is 273 g/mol. The van der Waals surface area contributed by atoms with Crippen molar-refractivity contribution in [3.05, 3.63) is 52.0 Å². The van der Waals surface area contributed by atoms with Crippen LogP contribution in [0, 0.1) is 0 Å². The summed E-state index contributed by atoms with van der Waals surface area (Å²) in [4.78, 5) is 0. The molecule has 0 amide bonds. The van der Waals surface area contributed by atoms with Crippen molar-refractivity contribution in [3.63, 3.8) is 0 Å². The summed E-state index contributed by atoms with van der Waals surface area (Å²) in [5.41, 5.74) is 2.88. The van der Waals surface area contributed by atoms with Crippen molar-refractivity contribution >= 4 is 32.8 Å². The predicted molar refractivity (Wildman–Crippen MR) is 73.7 cm³/mol. The quantitative estimate of drug-likeness (QED) is 0.640. The molecule has 0 nitrogen and oxygen atoms in total. The van der Waals surface area contributed by atoms with E-state index in [0.29, 0.717) is 0 Å². The van der Waals surface area contributed by atoms with E-state index in [0.717, 1.165) is 0 Å². The molecule has 2 aromatic carbocycles. The van der Waals surface area contributed by atoms with E-state index in [-0.39, 0.29) is 5.41 Å². The molecule has 0 N–H and O–H groups in total. The lowest BCUT2D eigenvalue weighted by Gasteiger charge is -2.27. The van der Waals surface area contributed by atoms with Gasteiger partial charge in [-0.3, -0.25) is 0 Å². The highest BCUT2D eigenvalue weighted by Crippen LogP contribution is 2.40. The van der Waals surface area contributed by atoms with Gasteiger partial charge in [0, 0.05) is 9.89 Å². The molecule has 0 radical (unpaired) electrons. The van der Waals surface area contributed by atoms with Gasteiger partial charge in [0.15, 0.2) is 0 Å². The van der Waals surface area contributed by atoms with Crippen molar-refractivity contribution < 1.29 is 0 Å². The molecular formula is C15H13Br. The smallest absolute Gasteiger partial charge is 0.0254 e. The summed E-state index contributed by atoms with van der Waals surface area (Å²) < 4.78 is 1.18. The van der Waals surface area contributed by atoms with Crippen molar-refractivity contribution in [2.45, 2.75) is 19.3 Å². The van der Waals surface area contributed by atoms with Crippen LogP contribution in [0.3, 0.4) is 0 Å². The van der Waals surface area contributed by atoms with E-state index in [1.165, 1.54) is 26.4 Å².